The van der Waals surface area contributed by atoms with Crippen LogP contribution in [-0.4, -0.2) is 11.1 Å². The van der Waals surface area contributed by atoms with E-state index < -0.39 is 0 Å². The lowest BCUT2D eigenvalue weighted by molar-refractivity contribution is -0.134. The van der Waals surface area contributed by atoms with Crippen molar-refractivity contribution in [2.24, 2.45) is 0 Å². The Morgan fingerprint density at radius 1 is 1.47 bits per heavy atom. The summed E-state index contributed by atoms with van der Waals surface area (Å²) in [4.78, 5) is 11.3. The zero-order valence-electron chi connectivity index (χ0n) is 9.12. The zero-order chi connectivity index (χ0) is 11.3. The molecule has 0 saturated carbocycles. The van der Waals surface area contributed by atoms with Crippen LogP contribution in [-0.2, 0) is 4.79 Å². The van der Waals surface area contributed by atoms with Gasteiger partial charge in [0.1, 0.15) is 11.5 Å². The monoisotopic (exact) mass is 208 g/mol. The molecule has 0 aromatic heterocycles. The summed E-state index contributed by atoms with van der Waals surface area (Å²) in [6, 6.07) is 4.77. The Labute approximate surface area is 89.7 Å². The van der Waals surface area contributed by atoms with Crippen LogP contribution < -0.4 is 4.74 Å². The van der Waals surface area contributed by atoms with Crippen LogP contribution in [0.2, 0.25) is 0 Å². The molecule has 0 spiro atoms. The fourth-order valence-electron chi connectivity index (χ4n) is 1.20. The van der Waals surface area contributed by atoms with Gasteiger partial charge in [0.2, 0.25) is 0 Å². The third-order valence-corrected chi connectivity index (χ3v) is 2.13. The van der Waals surface area contributed by atoms with E-state index in [1.165, 1.54) is 6.07 Å². The molecule has 0 aliphatic rings. The molecule has 0 radical (unpaired) electrons. The first-order chi connectivity index (χ1) is 7.13. The molecule has 82 valence electrons. The number of aryl methyl sites for hydroxylation is 1. The molecule has 0 bridgehead atoms. The normalized spacial score (nSPS) is 10.0. The van der Waals surface area contributed by atoms with E-state index in [1.54, 1.807) is 19.1 Å². The molecule has 3 nitrogen and oxygen atoms in total. The van der Waals surface area contributed by atoms with Gasteiger partial charge in [0.15, 0.2) is 0 Å². The van der Waals surface area contributed by atoms with Crippen molar-refractivity contribution in [1.82, 2.24) is 0 Å². The van der Waals surface area contributed by atoms with Crippen molar-refractivity contribution in [2.75, 3.05) is 0 Å². The van der Waals surface area contributed by atoms with E-state index in [4.69, 9.17) is 4.74 Å². The van der Waals surface area contributed by atoms with Gasteiger partial charge in [-0.05, 0) is 37.1 Å². The second-order valence-electron chi connectivity index (χ2n) is 3.53. The van der Waals surface area contributed by atoms with Crippen molar-refractivity contribution < 1.29 is 14.6 Å². The van der Waals surface area contributed by atoms with E-state index in [9.17, 15) is 9.90 Å². The summed E-state index contributed by atoms with van der Waals surface area (Å²) in [7, 11) is 0. The fraction of sp³-hybridized carbons (Fsp3) is 0.417. The molecule has 0 heterocycles. The van der Waals surface area contributed by atoms with E-state index >= 15 is 0 Å². The van der Waals surface area contributed by atoms with Crippen molar-refractivity contribution in [3.05, 3.63) is 23.8 Å². The smallest absolute Gasteiger partial charge is 0.311 e. The lowest BCUT2D eigenvalue weighted by Crippen LogP contribution is -2.07. The van der Waals surface area contributed by atoms with Gasteiger partial charge >= 0.3 is 5.97 Å². The molecule has 1 aromatic carbocycles. The lowest BCUT2D eigenvalue weighted by Gasteiger charge is -2.05. The summed E-state index contributed by atoms with van der Waals surface area (Å²) in [6.45, 7) is 3.79. The number of hydrogen-bond donors (Lipinski definition) is 1. The number of phenols is 1. The maximum atomic E-state index is 11.3. The van der Waals surface area contributed by atoms with Crippen LogP contribution in [0.25, 0.3) is 0 Å². The Bertz CT molecular complexity index is 345. The van der Waals surface area contributed by atoms with E-state index in [2.05, 4.69) is 0 Å². The summed E-state index contributed by atoms with van der Waals surface area (Å²) in [6.07, 6.45) is 2.26. The topological polar surface area (TPSA) is 46.5 Å². The van der Waals surface area contributed by atoms with E-state index in [0.717, 1.165) is 12.8 Å². The largest absolute Gasteiger partial charge is 0.508 e. The molecule has 15 heavy (non-hydrogen) atoms. The van der Waals surface area contributed by atoms with Gasteiger partial charge in [-0.3, -0.25) is 4.79 Å². The first kappa shape index (κ1) is 11.6. The quantitative estimate of drug-likeness (QED) is 0.611. The molecule has 0 atom stereocenters. The minimum absolute atomic E-state index is 0.211. The highest BCUT2D eigenvalue weighted by Crippen LogP contribution is 2.22. The summed E-state index contributed by atoms with van der Waals surface area (Å²) >= 11 is 0. The molecule has 3 heteroatoms. The fourth-order valence-corrected chi connectivity index (χ4v) is 1.20. The predicted octanol–water partition coefficient (Wildman–Crippen LogP) is 2.80. The van der Waals surface area contributed by atoms with Crippen molar-refractivity contribution in [3.8, 4) is 11.5 Å². The predicted molar refractivity (Wildman–Crippen MR) is 58.0 cm³/mol. The van der Waals surface area contributed by atoms with Gasteiger partial charge in [-0.25, -0.2) is 0 Å². The standard InChI is InChI=1S/C12H16O3/c1-3-4-5-12(14)15-10-6-7-11(13)9(2)8-10/h6-8,13H,3-5H2,1-2H3. The first-order valence-electron chi connectivity index (χ1n) is 5.13. The minimum Gasteiger partial charge on any atom is -0.508 e. The number of aromatic hydroxyl groups is 1. The van der Waals surface area contributed by atoms with E-state index in [-0.39, 0.29) is 11.7 Å². The Kier molecular flexibility index (Phi) is 4.16. The molecule has 0 aliphatic heterocycles. The van der Waals surface area contributed by atoms with Gasteiger partial charge in [-0.15, -0.1) is 0 Å². The van der Waals surface area contributed by atoms with Gasteiger partial charge in [-0.1, -0.05) is 13.3 Å². The Balaban J connectivity index is 2.57. The maximum absolute atomic E-state index is 11.3. The van der Waals surface area contributed by atoms with Crippen LogP contribution in [0, 0.1) is 6.92 Å². The average Bonchev–Trinajstić information content (AvgIpc) is 2.20. The number of esters is 1. The molecule has 0 fully saturated rings. The maximum Gasteiger partial charge on any atom is 0.311 e. The molecule has 1 N–H and O–H groups in total. The van der Waals surface area contributed by atoms with Gasteiger partial charge in [0.25, 0.3) is 0 Å². The van der Waals surface area contributed by atoms with Crippen molar-refractivity contribution in [1.29, 1.82) is 0 Å². The molecular weight excluding hydrogens is 192 g/mol. The second kappa shape index (κ2) is 5.39. The van der Waals surface area contributed by atoms with Crippen LogP contribution in [0.4, 0.5) is 0 Å². The second-order valence-corrected chi connectivity index (χ2v) is 3.53. The van der Waals surface area contributed by atoms with Crippen LogP contribution in [0.3, 0.4) is 0 Å². The summed E-state index contributed by atoms with van der Waals surface area (Å²) in [5.41, 5.74) is 0.704. The minimum atomic E-state index is -0.220. The highest BCUT2D eigenvalue weighted by molar-refractivity contribution is 5.72. The van der Waals surface area contributed by atoms with Gasteiger partial charge < -0.3 is 9.84 Å². The van der Waals surface area contributed by atoms with Crippen LogP contribution in [0.15, 0.2) is 18.2 Å². The summed E-state index contributed by atoms with van der Waals surface area (Å²) < 4.78 is 5.10. The highest BCUT2D eigenvalue weighted by atomic mass is 16.5. The zero-order valence-corrected chi connectivity index (χ0v) is 9.12. The van der Waals surface area contributed by atoms with Gasteiger partial charge in [-0.2, -0.15) is 0 Å². The van der Waals surface area contributed by atoms with Gasteiger partial charge in [0.05, 0.1) is 0 Å². The van der Waals surface area contributed by atoms with Crippen molar-refractivity contribution in [2.45, 2.75) is 33.1 Å². The molecule has 1 rings (SSSR count). The Hall–Kier alpha value is -1.51. The molecule has 0 saturated heterocycles. The van der Waals surface area contributed by atoms with E-state index in [1.807, 2.05) is 6.92 Å². The third kappa shape index (κ3) is 3.62. The van der Waals surface area contributed by atoms with Crippen LogP contribution in [0.1, 0.15) is 31.7 Å². The number of benzene rings is 1. The van der Waals surface area contributed by atoms with Crippen molar-refractivity contribution >= 4 is 5.97 Å². The molecule has 0 unspecified atom stereocenters. The van der Waals surface area contributed by atoms with Crippen LogP contribution in [0.5, 0.6) is 11.5 Å². The Morgan fingerprint density at radius 2 is 2.20 bits per heavy atom. The molecular formula is C12H16O3. The molecule has 0 aliphatic carbocycles. The summed E-state index contributed by atoms with van der Waals surface area (Å²) in [5, 5.41) is 9.28. The molecule has 0 amide bonds. The number of carbonyl (C=O) groups excluding carboxylic acids is 1. The van der Waals surface area contributed by atoms with E-state index in [0.29, 0.717) is 17.7 Å². The number of unbranched alkanes of at least 4 members (excludes halogenated alkanes) is 1. The van der Waals surface area contributed by atoms with Crippen LogP contribution >= 0.6 is 0 Å². The molecule has 1 aromatic rings. The lowest BCUT2D eigenvalue weighted by atomic mass is 10.2. The third-order valence-electron chi connectivity index (χ3n) is 2.13. The first-order valence-corrected chi connectivity index (χ1v) is 5.13. The number of carbonyl (C=O) groups is 1. The SMILES string of the molecule is CCCCC(=O)Oc1ccc(O)c(C)c1. The van der Waals surface area contributed by atoms with Gasteiger partial charge in [0, 0.05) is 6.42 Å². The Morgan fingerprint density at radius 3 is 2.80 bits per heavy atom. The average molecular weight is 208 g/mol. The number of ether oxygens (including phenoxy) is 1. The number of hydrogen-bond acceptors (Lipinski definition) is 3. The summed E-state index contributed by atoms with van der Waals surface area (Å²) in [5.74, 6) is 0.483. The highest BCUT2D eigenvalue weighted by Gasteiger charge is 2.05. The number of phenolic OH excluding ortho intramolecular Hbond substituents is 1. The van der Waals surface area contributed by atoms with Crippen molar-refractivity contribution in [3.63, 3.8) is 0 Å². The number of rotatable bonds is 4.